The summed E-state index contributed by atoms with van der Waals surface area (Å²) in [6.07, 6.45) is 6.11. The van der Waals surface area contributed by atoms with Crippen molar-refractivity contribution in [2.45, 2.75) is 37.4 Å². The lowest BCUT2D eigenvalue weighted by Gasteiger charge is -2.08. The van der Waals surface area contributed by atoms with Gasteiger partial charge in [0.2, 0.25) is 0 Å². The third kappa shape index (κ3) is 7.01. The van der Waals surface area contributed by atoms with Gasteiger partial charge < -0.3 is 10.1 Å². The molecule has 1 aliphatic heterocycles. The molecule has 5 nitrogen and oxygen atoms in total. The minimum Gasteiger partial charge on any atom is -0.456 e. The van der Waals surface area contributed by atoms with Crippen LogP contribution in [0, 0.1) is 0 Å². The van der Waals surface area contributed by atoms with E-state index in [1.807, 2.05) is 21.6 Å². The summed E-state index contributed by atoms with van der Waals surface area (Å²) in [5, 5.41) is 3.49. The molecule has 126 valence electrons. The monoisotopic (exact) mass is 374 g/mol. The van der Waals surface area contributed by atoms with Gasteiger partial charge in [0.25, 0.3) is 5.91 Å². The Morgan fingerprint density at radius 2 is 2.30 bits per heavy atom. The molecule has 1 aliphatic rings. The second-order valence-electron chi connectivity index (χ2n) is 5.13. The first-order valence-corrected chi connectivity index (χ1v) is 10.3. The van der Waals surface area contributed by atoms with Crippen LogP contribution < -0.4 is 5.32 Å². The van der Waals surface area contributed by atoms with E-state index in [4.69, 9.17) is 16.3 Å². The SMILES string of the molecule is O=C(COC(=O)CCCC[C@H]1CCSS1)Nc1cccnc1Cl. The maximum absolute atomic E-state index is 11.7. The summed E-state index contributed by atoms with van der Waals surface area (Å²) in [6.45, 7) is -0.306. The maximum Gasteiger partial charge on any atom is 0.306 e. The standard InChI is InChI=1S/C15H19ClN2O3S2/c16-15-12(5-3-8-17-15)18-13(19)10-21-14(20)6-2-1-4-11-7-9-22-23-11/h3,5,8,11H,1-2,4,6-7,9-10H2,(H,18,19)/t11-/m0/s1. The lowest BCUT2D eigenvalue weighted by molar-refractivity contribution is -0.147. The first-order valence-electron chi connectivity index (χ1n) is 7.49. The molecule has 8 heteroatoms. The van der Waals surface area contributed by atoms with Crippen molar-refractivity contribution in [1.82, 2.24) is 4.98 Å². The Morgan fingerprint density at radius 3 is 3.04 bits per heavy atom. The topological polar surface area (TPSA) is 68.3 Å². The summed E-state index contributed by atoms with van der Waals surface area (Å²) in [4.78, 5) is 27.2. The Bertz CT molecular complexity index is 539. The number of halogens is 1. The van der Waals surface area contributed by atoms with Crippen LogP contribution >= 0.6 is 33.2 Å². The van der Waals surface area contributed by atoms with Gasteiger partial charge in [0.15, 0.2) is 11.8 Å². The predicted molar refractivity (Wildman–Crippen MR) is 95.8 cm³/mol. The van der Waals surface area contributed by atoms with Crippen molar-refractivity contribution in [2.24, 2.45) is 0 Å². The van der Waals surface area contributed by atoms with E-state index in [9.17, 15) is 9.59 Å². The number of aromatic nitrogens is 1. The van der Waals surface area contributed by atoms with E-state index in [1.54, 1.807) is 12.1 Å². The molecule has 2 rings (SSSR count). The lowest BCUT2D eigenvalue weighted by Crippen LogP contribution is -2.21. The fraction of sp³-hybridized carbons (Fsp3) is 0.533. The van der Waals surface area contributed by atoms with Crippen LogP contribution in [0.1, 0.15) is 32.1 Å². The van der Waals surface area contributed by atoms with E-state index < -0.39 is 5.91 Å². The van der Waals surface area contributed by atoms with Crippen LogP contribution in [0.4, 0.5) is 5.69 Å². The van der Waals surface area contributed by atoms with Crippen molar-refractivity contribution in [2.75, 3.05) is 17.7 Å². The van der Waals surface area contributed by atoms with Crippen molar-refractivity contribution < 1.29 is 14.3 Å². The average molecular weight is 375 g/mol. The summed E-state index contributed by atoms with van der Waals surface area (Å²) in [6, 6.07) is 3.29. The number of carbonyl (C=O) groups is 2. The van der Waals surface area contributed by atoms with Gasteiger partial charge in [-0.05, 0) is 31.4 Å². The molecule has 1 N–H and O–H groups in total. The number of nitrogens with zero attached hydrogens (tertiary/aromatic N) is 1. The first-order chi connectivity index (χ1) is 11.1. The largest absolute Gasteiger partial charge is 0.456 e. The molecular formula is C15H19ClN2O3S2. The fourth-order valence-corrected chi connectivity index (χ4v) is 5.28. The molecule has 1 saturated heterocycles. The van der Waals surface area contributed by atoms with Crippen molar-refractivity contribution >= 4 is 50.8 Å². The summed E-state index contributed by atoms with van der Waals surface area (Å²) < 4.78 is 4.96. The highest BCUT2D eigenvalue weighted by Crippen LogP contribution is 2.39. The number of ether oxygens (including phenoxy) is 1. The molecule has 0 unspecified atom stereocenters. The van der Waals surface area contributed by atoms with Crippen LogP contribution in [0.15, 0.2) is 18.3 Å². The van der Waals surface area contributed by atoms with Gasteiger partial charge in [-0.15, -0.1) is 0 Å². The Balaban J connectivity index is 1.56. The minimum atomic E-state index is -0.423. The third-order valence-corrected chi connectivity index (χ3v) is 6.59. The third-order valence-electron chi connectivity index (χ3n) is 3.28. The van der Waals surface area contributed by atoms with Crippen molar-refractivity contribution in [3.8, 4) is 0 Å². The van der Waals surface area contributed by atoms with Crippen LogP contribution in [-0.4, -0.2) is 34.5 Å². The van der Waals surface area contributed by atoms with Gasteiger partial charge in [0.1, 0.15) is 0 Å². The second kappa shape index (κ2) is 10.1. The molecule has 0 saturated carbocycles. The van der Waals surface area contributed by atoms with E-state index >= 15 is 0 Å². The van der Waals surface area contributed by atoms with Crippen LogP contribution in [0.5, 0.6) is 0 Å². The fourth-order valence-electron chi connectivity index (χ4n) is 2.09. The van der Waals surface area contributed by atoms with E-state index in [0.29, 0.717) is 12.1 Å². The van der Waals surface area contributed by atoms with Crippen molar-refractivity contribution in [3.05, 3.63) is 23.5 Å². The van der Waals surface area contributed by atoms with Crippen LogP contribution in [-0.2, 0) is 14.3 Å². The summed E-state index contributed by atoms with van der Waals surface area (Å²) >= 11 is 5.83. The number of anilines is 1. The lowest BCUT2D eigenvalue weighted by atomic mass is 10.1. The quantitative estimate of drug-likeness (QED) is 0.322. The molecule has 1 atom stereocenters. The number of nitrogens with one attached hydrogen (secondary N) is 1. The van der Waals surface area contributed by atoms with Gasteiger partial charge in [-0.1, -0.05) is 39.6 Å². The smallest absolute Gasteiger partial charge is 0.306 e. The number of carbonyl (C=O) groups excluding carboxylic acids is 2. The number of rotatable bonds is 8. The predicted octanol–water partition coefficient (Wildman–Crippen LogP) is 3.93. The van der Waals surface area contributed by atoms with E-state index in [0.717, 1.165) is 24.5 Å². The Hall–Kier alpha value is -0.920. The molecule has 0 bridgehead atoms. The second-order valence-corrected chi connectivity index (χ2v) is 8.27. The number of unbranched alkanes of at least 4 members (excludes halogenated alkanes) is 1. The highest BCUT2D eigenvalue weighted by atomic mass is 35.5. The Kier molecular flexibility index (Phi) is 8.05. The van der Waals surface area contributed by atoms with Gasteiger partial charge in [-0.3, -0.25) is 9.59 Å². The molecule has 2 heterocycles. The molecule has 0 aromatic carbocycles. The van der Waals surface area contributed by atoms with Gasteiger partial charge >= 0.3 is 5.97 Å². The molecule has 1 aromatic rings. The molecule has 1 aromatic heterocycles. The van der Waals surface area contributed by atoms with E-state index in [2.05, 4.69) is 10.3 Å². The van der Waals surface area contributed by atoms with Crippen LogP contribution in [0.3, 0.4) is 0 Å². The summed E-state index contributed by atoms with van der Waals surface area (Å²) in [5.41, 5.74) is 0.405. The normalized spacial score (nSPS) is 17.0. The molecule has 0 spiro atoms. The van der Waals surface area contributed by atoms with Crippen LogP contribution in [0.25, 0.3) is 0 Å². The van der Waals surface area contributed by atoms with Crippen molar-refractivity contribution in [3.63, 3.8) is 0 Å². The zero-order valence-corrected chi connectivity index (χ0v) is 15.0. The van der Waals surface area contributed by atoms with Gasteiger partial charge in [-0.2, -0.15) is 0 Å². The Morgan fingerprint density at radius 1 is 1.43 bits per heavy atom. The van der Waals surface area contributed by atoms with Gasteiger partial charge in [-0.25, -0.2) is 4.98 Å². The minimum absolute atomic E-state index is 0.204. The van der Waals surface area contributed by atoms with Crippen molar-refractivity contribution in [1.29, 1.82) is 0 Å². The first kappa shape index (κ1) is 18.4. The summed E-state index contributed by atoms with van der Waals surface area (Å²) in [7, 11) is 3.88. The zero-order valence-electron chi connectivity index (χ0n) is 12.6. The number of esters is 1. The molecule has 1 amide bonds. The van der Waals surface area contributed by atoms with Crippen LogP contribution in [0.2, 0.25) is 5.15 Å². The van der Waals surface area contributed by atoms with E-state index in [-0.39, 0.29) is 17.7 Å². The highest BCUT2D eigenvalue weighted by Gasteiger charge is 2.16. The van der Waals surface area contributed by atoms with E-state index in [1.165, 1.54) is 18.4 Å². The average Bonchev–Trinajstić information content (AvgIpc) is 3.05. The Labute approximate surface area is 148 Å². The van der Waals surface area contributed by atoms with Gasteiger partial charge in [0, 0.05) is 23.6 Å². The maximum atomic E-state index is 11.7. The number of amides is 1. The number of hydrogen-bond acceptors (Lipinski definition) is 6. The molecule has 0 radical (unpaired) electrons. The zero-order chi connectivity index (χ0) is 16.5. The molecule has 0 aliphatic carbocycles. The number of pyridine rings is 1. The summed E-state index contributed by atoms with van der Waals surface area (Å²) in [5.74, 6) is 0.464. The highest BCUT2D eigenvalue weighted by molar-refractivity contribution is 8.77. The molecule has 1 fully saturated rings. The number of hydrogen-bond donors (Lipinski definition) is 1. The molecular weight excluding hydrogens is 356 g/mol. The molecule has 23 heavy (non-hydrogen) atoms. The van der Waals surface area contributed by atoms with Gasteiger partial charge in [0.05, 0.1) is 5.69 Å².